The maximum absolute atomic E-state index is 12.3. The van der Waals surface area contributed by atoms with Crippen LogP contribution in [0.3, 0.4) is 0 Å². The first-order chi connectivity index (χ1) is 12.2. The first kappa shape index (κ1) is 18.4. The predicted octanol–water partition coefficient (Wildman–Crippen LogP) is 2.40. The van der Waals surface area contributed by atoms with Gasteiger partial charge in [0.1, 0.15) is 16.6 Å². The van der Waals surface area contributed by atoms with Crippen molar-refractivity contribution < 1.29 is 14.4 Å². The zero-order valence-electron chi connectivity index (χ0n) is 15.1. The van der Waals surface area contributed by atoms with Crippen molar-refractivity contribution in [1.82, 2.24) is 10.2 Å². The van der Waals surface area contributed by atoms with Crippen LogP contribution in [-0.4, -0.2) is 34.8 Å². The minimum atomic E-state index is -0.939. The second-order valence-electron chi connectivity index (χ2n) is 7.48. The molecule has 0 radical (unpaired) electrons. The fourth-order valence-electron chi connectivity index (χ4n) is 3.38. The number of amides is 4. The van der Waals surface area contributed by atoms with E-state index < -0.39 is 11.6 Å². The Hall–Kier alpha value is -2.40. The summed E-state index contributed by atoms with van der Waals surface area (Å²) in [6.45, 7) is 5.46. The van der Waals surface area contributed by atoms with Gasteiger partial charge in [0.2, 0.25) is 5.91 Å². The lowest BCUT2D eigenvalue weighted by atomic mass is 9.89. The second kappa shape index (κ2) is 6.72. The van der Waals surface area contributed by atoms with E-state index in [1.807, 2.05) is 0 Å². The van der Waals surface area contributed by atoms with E-state index >= 15 is 0 Å². The van der Waals surface area contributed by atoms with Crippen LogP contribution in [0, 0.1) is 17.2 Å². The van der Waals surface area contributed by atoms with Gasteiger partial charge in [-0.2, -0.15) is 5.26 Å². The number of nitrogens with one attached hydrogen (secondary N) is 2. The van der Waals surface area contributed by atoms with Crippen molar-refractivity contribution in [2.24, 2.45) is 5.92 Å². The Labute approximate surface area is 156 Å². The Bertz CT molecular complexity index is 821. The van der Waals surface area contributed by atoms with Gasteiger partial charge in [0.05, 0.1) is 5.56 Å². The Morgan fingerprint density at radius 3 is 2.81 bits per heavy atom. The van der Waals surface area contributed by atoms with Crippen LogP contribution in [0.25, 0.3) is 0 Å². The summed E-state index contributed by atoms with van der Waals surface area (Å²) in [5.41, 5.74) is 0.675. The van der Waals surface area contributed by atoms with E-state index in [4.69, 9.17) is 0 Å². The lowest BCUT2D eigenvalue weighted by molar-refractivity contribution is -0.130. The largest absolute Gasteiger partial charge is 0.325 e. The number of fused-ring (bicyclic) bond motifs is 1. The van der Waals surface area contributed by atoms with Gasteiger partial charge < -0.3 is 10.6 Å². The molecule has 0 aromatic carbocycles. The van der Waals surface area contributed by atoms with E-state index in [2.05, 4.69) is 23.6 Å². The van der Waals surface area contributed by atoms with Crippen molar-refractivity contribution >= 4 is 34.2 Å². The van der Waals surface area contributed by atoms with Crippen molar-refractivity contribution in [3.8, 4) is 6.07 Å². The van der Waals surface area contributed by atoms with Crippen molar-refractivity contribution in [3.05, 3.63) is 16.0 Å². The normalized spacial score (nSPS) is 21.2. The summed E-state index contributed by atoms with van der Waals surface area (Å²) in [7, 11) is 0. The van der Waals surface area contributed by atoms with Crippen LogP contribution in [0.4, 0.5) is 9.80 Å². The number of anilines is 1. The molecule has 0 spiro atoms. The van der Waals surface area contributed by atoms with Crippen LogP contribution in [-0.2, 0) is 22.4 Å². The molecule has 0 saturated carbocycles. The molecule has 26 heavy (non-hydrogen) atoms. The molecule has 2 aliphatic rings. The molecule has 1 atom stereocenters. The number of thiophene rings is 1. The summed E-state index contributed by atoms with van der Waals surface area (Å²) in [5, 5.41) is 15.4. The molecule has 1 saturated heterocycles. The summed E-state index contributed by atoms with van der Waals surface area (Å²) < 4.78 is 0. The average molecular weight is 374 g/mol. The maximum atomic E-state index is 12.3. The first-order valence-electron chi connectivity index (χ1n) is 8.71. The Morgan fingerprint density at radius 2 is 2.19 bits per heavy atom. The van der Waals surface area contributed by atoms with Gasteiger partial charge in [0.15, 0.2) is 0 Å². The van der Waals surface area contributed by atoms with Crippen LogP contribution in [0.1, 0.15) is 49.6 Å². The number of carbonyl (C=O) groups excluding carboxylic acids is 3. The molecule has 4 amide bonds. The molecule has 1 aromatic rings. The van der Waals surface area contributed by atoms with E-state index in [1.54, 1.807) is 13.8 Å². The number of urea groups is 1. The molecule has 1 aliphatic carbocycles. The monoisotopic (exact) mass is 374 g/mol. The quantitative estimate of drug-likeness (QED) is 0.790. The molecule has 0 unspecified atom stereocenters. The molecule has 1 fully saturated rings. The zero-order valence-corrected chi connectivity index (χ0v) is 16.0. The SMILES string of the molecule is C[C@H]1CCc2c(sc(NC(=O)CCN3C(=O)NC(C)(C)C3=O)c2C#N)C1. The molecule has 138 valence electrons. The van der Waals surface area contributed by atoms with Gasteiger partial charge in [-0.25, -0.2) is 4.79 Å². The van der Waals surface area contributed by atoms with E-state index in [1.165, 1.54) is 16.2 Å². The zero-order chi connectivity index (χ0) is 19.1. The summed E-state index contributed by atoms with van der Waals surface area (Å²) in [6.07, 6.45) is 2.85. The first-order valence-corrected chi connectivity index (χ1v) is 9.53. The summed E-state index contributed by atoms with van der Waals surface area (Å²) in [6, 6.07) is 1.73. The molecule has 2 heterocycles. The third-order valence-electron chi connectivity index (χ3n) is 4.88. The van der Waals surface area contributed by atoms with E-state index in [9.17, 15) is 19.6 Å². The number of rotatable bonds is 4. The smallest absolute Gasteiger partial charge is 0.324 e. The molecule has 3 rings (SSSR count). The Kier molecular flexibility index (Phi) is 4.76. The Balaban J connectivity index is 1.65. The molecular weight excluding hydrogens is 352 g/mol. The Morgan fingerprint density at radius 1 is 1.46 bits per heavy atom. The predicted molar refractivity (Wildman–Crippen MR) is 97.8 cm³/mol. The minimum Gasteiger partial charge on any atom is -0.324 e. The number of carbonyl (C=O) groups is 3. The van der Waals surface area contributed by atoms with E-state index in [-0.39, 0.29) is 24.8 Å². The van der Waals surface area contributed by atoms with Crippen molar-refractivity contribution in [2.45, 2.75) is 52.0 Å². The minimum absolute atomic E-state index is 0.000915. The van der Waals surface area contributed by atoms with Crippen LogP contribution in [0.5, 0.6) is 0 Å². The van der Waals surface area contributed by atoms with Gasteiger partial charge in [-0.15, -0.1) is 11.3 Å². The van der Waals surface area contributed by atoms with Gasteiger partial charge in [0.25, 0.3) is 5.91 Å². The highest BCUT2D eigenvalue weighted by Crippen LogP contribution is 2.39. The van der Waals surface area contributed by atoms with E-state index in [0.29, 0.717) is 16.5 Å². The van der Waals surface area contributed by atoms with Crippen molar-refractivity contribution in [3.63, 3.8) is 0 Å². The summed E-state index contributed by atoms with van der Waals surface area (Å²) in [5.74, 6) is -0.0636. The topological polar surface area (TPSA) is 102 Å². The number of nitriles is 1. The van der Waals surface area contributed by atoms with Gasteiger partial charge in [-0.3, -0.25) is 14.5 Å². The lowest BCUT2D eigenvalue weighted by Crippen LogP contribution is -2.40. The van der Waals surface area contributed by atoms with Gasteiger partial charge in [0, 0.05) is 17.8 Å². The highest BCUT2D eigenvalue weighted by molar-refractivity contribution is 7.16. The summed E-state index contributed by atoms with van der Waals surface area (Å²) >= 11 is 1.46. The van der Waals surface area contributed by atoms with Gasteiger partial charge in [-0.05, 0) is 44.6 Å². The fraction of sp³-hybridized carbons (Fsp3) is 0.556. The standard InChI is InChI=1S/C18H22N4O3S/c1-10-4-5-11-12(9-19)15(26-13(11)8-10)20-14(23)6-7-22-16(24)18(2,3)21-17(22)25/h10H,4-8H2,1-3H3,(H,20,23)(H,21,25)/t10-/m0/s1. The average Bonchev–Trinajstić information content (AvgIpc) is 2.98. The summed E-state index contributed by atoms with van der Waals surface area (Å²) in [4.78, 5) is 38.5. The fourth-order valence-corrected chi connectivity index (χ4v) is 4.76. The third kappa shape index (κ3) is 3.31. The number of hydrogen-bond acceptors (Lipinski definition) is 5. The molecule has 1 aromatic heterocycles. The molecule has 7 nitrogen and oxygen atoms in total. The third-order valence-corrected chi connectivity index (χ3v) is 6.05. The van der Waals surface area contributed by atoms with Crippen LogP contribution >= 0.6 is 11.3 Å². The van der Waals surface area contributed by atoms with Crippen molar-refractivity contribution in [2.75, 3.05) is 11.9 Å². The lowest BCUT2D eigenvalue weighted by Gasteiger charge is -2.17. The van der Waals surface area contributed by atoms with Crippen molar-refractivity contribution in [1.29, 1.82) is 5.26 Å². The molecule has 1 aliphatic heterocycles. The number of imide groups is 1. The van der Waals surface area contributed by atoms with Crippen LogP contribution in [0.15, 0.2) is 0 Å². The molecule has 2 N–H and O–H groups in total. The van der Waals surface area contributed by atoms with Gasteiger partial charge in [-0.1, -0.05) is 6.92 Å². The number of nitrogens with zero attached hydrogens (tertiary/aromatic N) is 2. The molecular formula is C18H22N4O3S. The van der Waals surface area contributed by atoms with E-state index in [0.717, 1.165) is 29.7 Å². The molecule has 0 bridgehead atoms. The highest BCUT2D eigenvalue weighted by atomic mass is 32.1. The second-order valence-corrected chi connectivity index (χ2v) is 8.58. The van der Waals surface area contributed by atoms with Gasteiger partial charge >= 0.3 is 6.03 Å². The highest BCUT2D eigenvalue weighted by Gasteiger charge is 2.44. The van der Waals surface area contributed by atoms with Crippen LogP contribution < -0.4 is 10.6 Å². The maximum Gasteiger partial charge on any atom is 0.325 e. The number of hydrogen-bond donors (Lipinski definition) is 2. The van der Waals surface area contributed by atoms with Crippen LogP contribution in [0.2, 0.25) is 0 Å². The molecule has 8 heteroatoms.